The maximum atomic E-state index is 12.3. The Hall–Kier alpha value is -1.75. The van der Waals surface area contributed by atoms with Crippen LogP contribution < -0.4 is 15.8 Å². The third-order valence-electron chi connectivity index (χ3n) is 3.68. The number of methoxy groups -OCH3 is 1. The van der Waals surface area contributed by atoms with E-state index in [0.717, 1.165) is 0 Å². The molecule has 0 aromatic heterocycles. The molecule has 106 valence electrons. The number of anilines is 1. The van der Waals surface area contributed by atoms with Crippen LogP contribution in [-0.4, -0.2) is 24.7 Å². The Morgan fingerprint density at radius 2 is 2.05 bits per heavy atom. The number of amides is 1. The smallest absolute Gasteiger partial charge is 0.231 e. The average molecular weight is 266 g/mol. The highest BCUT2D eigenvalue weighted by molar-refractivity contribution is 5.96. The zero-order chi connectivity index (χ0) is 14.5. The molecule has 0 aliphatic carbocycles. The fourth-order valence-corrected chi connectivity index (χ4v) is 1.95. The highest BCUT2D eigenvalue weighted by Crippen LogP contribution is 2.31. The quantitative estimate of drug-likeness (QED) is 0.688. The van der Waals surface area contributed by atoms with Crippen LogP contribution in [0.1, 0.15) is 26.7 Å². The largest absolute Gasteiger partial charge is 0.506 e. The van der Waals surface area contributed by atoms with Crippen molar-refractivity contribution in [3.63, 3.8) is 0 Å². The third-order valence-corrected chi connectivity index (χ3v) is 3.68. The Labute approximate surface area is 113 Å². The summed E-state index contributed by atoms with van der Waals surface area (Å²) in [6.07, 6.45) is 1.31. The van der Waals surface area contributed by atoms with Gasteiger partial charge in [0.1, 0.15) is 11.5 Å². The van der Waals surface area contributed by atoms with Crippen molar-refractivity contribution in [2.24, 2.45) is 11.1 Å². The van der Waals surface area contributed by atoms with Crippen molar-refractivity contribution >= 4 is 11.6 Å². The number of aromatic hydroxyl groups is 1. The first-order valence-corrected chi connectivity index (χ1v) is 6.41. The fourth-order valence-electron chi connectivity index (χ4n) is 1.95. The molecule has 0 heterocycles. The van der Waals surface area contributed by atoms with Crippen LogP contribution in [0.2, 0.25) is 0 Å². The van der Waals surface area contributed by atoms with Crippen molar-refractivity contribution in [1.82, 2.24) is 0 Å². The molecule has 4 N–H and O–H groups in total. The van der Waals surface area contributed by atoms with Gasteiger partial charge in [-0.05, 0) is 25.0 Å². The number of phenols is 1. The van der Waals surface area contributed by atoms with Gasteiger partial charge in [0, 0.05) is 12.6 Å². The van der Waals surface area contributed by atoms with E-state index < -0.39 is 5.41 Å². The molecule has 1 aromatic rings. The average Bonchev–Trinajstić information content (AvgIpc) is 2.43. The van der Waals surface area contributed by atoms with Crippen LogP contribution in [0.3, 0.4) is 0 Å². The van der Waals surface area contributed by atoms with Crippen LogP contribution in [0.4, 0.5) is 5.69 Å². The molecule has 0 saturated carbocycles. The van der Waals surface area contributed by atoms with Gasteiger partial charge in [0.05, 0.1) is 18.2 Å². The molecule has 0 radical (unpaired) electrons. The van der Waals surface area contributed by atoms with Crippen molar-refractivity contribution in [1.29, 1.82) is 0 Å². The first-order valence-electron chi connectivity index (χ1n) is 6.41. The molecule has 5 nitrogen and oxygen atoms in total. The molecular formula is C14H22N2O3. The number of carbonyl (C=O) groups is 1. The lowest BCUT2D eigenvalue weighted by atomic mass is 9.81. The lowest BCUT2D eigenvalue weighted by Gasteiger charge is -2.28. The monoisotopic (exact) mass is 266 g/mol. The number of nitrogens with one attached hydrogen (secondary N) is 1. The minimum Gasteiger partial charge on any atom is -0.506 e. The van der Waals surface area contributed by atoms with Gasteiger partial charge < -0.3 is 20.9 Å². The Morgan fingerprint density at radius 1 is 1.42 bits per heavy atom. The van der Waals surface area contributed by atoms with Gasteiger partial charge in [-0.15, -0.1) is 0 Å². The lowest BCUT2D eigenvalue weighted by Crippen LogP contribution is -2.41. The van der Waals surface area contributed by atoms with Gasteiger partial charge in [-0.1, -0.05) is 13.8 Å². The van der Waals surface area contributed by atoms with Crippen LogP contribution in [0.25, 0.3) is 0 Å². The lowest BCUT2D eigenvalue weighted by molar-refractivity contribution is -0.125. The second-order valence-corrected chi connectivity index (χ2v) is 4.53. The normalized spacial score (nSPS) is 11.2. The summed E-state index contributed by atoms with van der Waals surface area (Å²) in [5.74, 6) is 0.345. The zero-order valence-electron chi connectivity index (χ0n) is 11.7. The first-order chi connectivity index (χ1) is 9.02. The maximum absolute atomic E-state index is 12.3. The second-order valence-electron chi connectivity index (χ2n) is 4.53. The Balaban J connectivity index is 2.93. The molecule has 1 rings (SSSR count). The first kappa shape index (κ1) is 15.3. The van der Waals surface area contributed by atoms with Crippen molar-refractivity contribution < 1.29 is 14.6 Å². The molecule has 1 aromatic carbocycles. The van der Waals surface area contributed by atoms with Crippen molar-refractivity contribution in [3.8, 4) is 11.5 Å². The van der Waals surface area contributed by atoms with E-state index in [1.165, 1.54) is 13.2 Å². The van der Waals surface area contributed by atoms with Gasteiger partial charge >= 0.3 is 0 Å². The van der Waals surface area contributed by atoms with E-state index in [4.69, 9.17) is 10.5 Å². The summed E-state index contributed by atoms with van der Waals surface area (Å²) in [5, 5.41) is 12.6. The molecule has 0 spiro atoms. The highest BCUT2D eigenvalue weighted by Gasteiger charge is 2.33. The zero-order valence-corrected chi connectivity index (χ0v) is 11.7. The number of carbonyl (C=O) groups excluding carboxylic acids is 1. The predicted molar refractivity (Wildman–Crippen MR) is 75.4 cm³/mol. The minimum absolute atomic E-state index is 0.0224. The molecule has 0 aliphatic heterocycles. The third kappa shape index (κ3) is 3.17. The number of hydrogen-bond acceptors (Lipinski definition) is 4. The van der Waals surface area contributed by atoms with E-state index in [1.807, 2.05) is 13.8 Å². The number of ether oxygens (including phenoxy) is 1. The summed E-state index contributed by atoms with van der Waals surface area (Å²) in [5.41, 5.74) is 5.50. The molecule has 0 saturated heterocycles. The van der Waals surface area contributed by atoms with Gasteiger partial charge in [0.15, 0.2) is 0 Å². The fraction of sp³-hybridized carbons (Fsp3) is 0.500. The van der Waals surface area contributed by atoms with Crippen LogP contribution in [0, 0.1) is 5.41 Å². The van der Waals surface area contributed by atoms with Crippen LogP contribution in [-0.2, 0) is 4.79 Å². The number of nitrogens with two attached hydrogens (primary N) is 1. The summed E-state index contributed by atoms with van der Waals surface area (Å²) in [6.45, 7) is 4.15. The molecule has 1 amide bonds. The molecule has 0 unspecified atom stereocenters. The standard InChI is InChI=1S/C14H22N2O3/c1-4-14(5-2,9-15)13(18)16-11-7-6-10(19-3)8-12(11)17/h6-8,17H,4-5,9,15H2,1-3H3,(H,16,18). The minimum atomic E-state index is -0.591. The van der Waals surface area contributed by atoms with E-state index >= 15 is 0 Å². The van der Waals surface area contributed by atoms with E-state index in [0.29, 0.717) is 24.3 Å². The Kier molecular flexibility index (Phi) is 5.18. The Bertz CT molecular complexity index is 434. The highest BCUT2D eigenvalue weighted by atomic mass is 16.5. The van der Waals surface area contributed by atoms with Crippen LogP contribution in [0.5, 0.6) is 11.5 Å². The van der Waals surface area contributed by atoms with E-state index in [-0.39, 0.29) is 18.2 Å². The van der Waals surface area contributed by atoms with Gasteiger partial charge in [-0.25, -0.2) is 0 Å². The number of phenolic OH excluding ortho intramolecular Hbond substituents is 1. The Morgan fingerprint density at radius 3 is 2.47 bits per heavy atom. The van der Waals surface area contributed by atoms with Crippen molar-refractivity contribution in [2.75, 3.05) is 19.0 Å². The van der Waals surface area contributed by atoms with Gasteiger partial charge in [0.2, 0.25) is 5.91 Å². The van der Waals surface area contributed by atoms with Crippen molar-refractivity contribution in [3.05, 3.63) is 18.2 Å². The van der Waals surface area contributed by atoms with Gasteiger partial charge in [0.25, 0.3) is 0 Å². The molecular weight excluding hydrogens is 244 g/mol. The van der Waals surface area contributed by atoms with Crippen LogP contribution in [0.15, 0.2) is 18.2 Å². The van der Waals surface area contributed by atoms with Gasteiger partial charge in [-0.3, -0.25) is 4.79 Å². The SMILES string of the molecule is CCC(CC)(CN)C(=O)Nc1ccc(OC)cc1O. The maximum Gasteiger partial charge on any atom is 0.231 e. The predicted octanol–water partition coefficient (Wildman–Crippen LogP) is 2.10. The second kappa shape index (κ2) is 6.43. The molecule has 0 aliphatic rings. The summed E-state index contributed by atoms with van der Waals surface area (Å²) in [7, 11) is 1.51. The molecule has 0 atom stereocenters. The summed E-state index contributed by atoms with van der Waals surface area (Å²) in [6, 6.07) is 4.74. The van der Waals surface area contributed by atoms with E-state index in [1.54, 1.807) is 12.1 Å². The number of hydrogen-bond donors (Lipinski definition) is 3. The van der Waals surface area contributed by atoms with Gasteiger partial charge in [-0.2, -0.15) is 0 Å². The molecule has 0 bridgehead atoms. The topological polar surface area (TPSA) is 84.6 Å². The summed E-state index contributed by atoms with van der Waals surface area (Å²) in [4.78, 5) is 12.3. The van der Waals surface area contributed by atoms with Crippen LogP contribution >= 0.6 is 0 Å². The molecule has 0 fully saturated rings. The molecule has 19 heavy (non-hydrogen) atoms. The number of rotatable bonds is 6. The summed E-state index contributed by atoms with van der Waals surface area (Å²) >= 11 is 0. The van der Waals surface area contributed by atoms with E-state index in [9.17, 15) is 9.90 Å². The van der Waals surface area contributed by atoms with Crippen molar-refractivity contribution in [2.45, 2.75) is 26.7 Å². The molecule has 5 heteroatoms. The number of benzene rings is 1. The summed E-state index contributed by atoms with van der Waals surface area (Å²) < 4.78 is 4.99. The van der Waals surface area contributed by atoms with E-state index in [2.05, 4.69) is 5.32 Å².